The van der Waals surface area contributed by atoms with Crippen LogP contribution in [0.25, 0.3) is 6.08 Å². The lowest BCUT2D eigenvalue weighted by Gasteiger charge is -2.23. The van der Waals surface area contributed by atoms with Crippen molar-refractivity contribution in [1.82, 2.24) is 0 Å². The lowest BCUT2D eigenvalue weighted by molar-refractivity contribution is -0.137. The molecular weight excluding hydrogens is 286 g/mol. The number of anilines is 1. The maximum absolute atomic E-state index is 11.7. The van der Waals surface area contributed by atoms with E-state index in [1.54, 1.807) is 6.08 Å². The van der Waals surface area contributed by atoms with Gasteiger partial charge in [-0.25, -0.2) is 4.79 Å². The molecule has 0 saturated heterocycles. The number of benzene rings is 2. The van der Waals surface area contributed by atoms with E-state index < -0.39 is 0 Å². The fraction of sp³-hybridized carbons (Fsp3) is 0.250. The monoisotopic (exact) mass is 309 g/mol. The number of rotatable bonds is 7. The Hall–Kier alpha value is -2.55. The highest BCUT2D eigenvalue weighted by Crippen LogP contribution is 2.15. The first-order valence-corrected chi connectivity index (χ1v) is 7.90. The summed E-state index contributed by atoms with van der Waals surface area (Å²) in [6.07, 6.45) is 3.23. The number of carbonyl (C=O) groups is 1. The van der Waals surface area contributed by atoms with Crippen molar-refractivity contribution >= 4 is 17.7 Å². The van der Waals surface area contributed by atoms with E-state index in [-0.39, 0.29) is 5.97 Å². The van der Waals surface area contributed by atoms with Gasteiger partial charge in [0.2, 0.25) is 0 Å². The molecule has 23 heavy (non-hydrogen) atoms. The molecule has 120 valence electrons. The predicted molar refractivity (Wildman–Crippen MR) is 95.5 cm³/mol. The molecule has 0 spiro atoms. The van der Waals surface area contributed by atoms with Crippen molar-refractivity contribution in [3.05, 3.63) is 71.8 Å². The molecule has 0 bridgehead atoms. The lowest BCUT2D eigenvalue weighted by atomic mass is 10.2. The molecule has 0 aromatic heterocycles. The maximum Gasteiger partial charge on any atom is 0.330 e. The Bertz CT molecular complexity index is 650. The van der Waals surface area contributed by atoms with Crippen LogP contribution in [0, 0.1) is 6.92 Å². The van der Waals surface area contributed by atoms with Gasteiger partial charge in [-0.05, 0) is 43.2 Å². The van der Waals surface area contributed by atoms with E-state index in [2.05, 4.69) is 36.9 Å². The molecule has 2 aromatic carbocycles. The van der Waals surface area contributed by atoms with Gasteiger partial charge in [-0.2, -0.15) is 0 Å². The average Bonchev–Trinajstić information content (AvgIpc) is 2.58. The van der Waals surface area contributed by atoms with E-state index in [1.807, 2.05) is 36.4 Å². The van der Waals surface area contributed by atoms with Gasteiger partial charge in [0.05, 0.1) is 6.54 Å². The predicted octanol–water partition coefficient (Wildman–Crippen LogP) is 4.08. The summed E-state index contributed by atoms with van der Waals surface area (Å²) >= 11 is 0. The van der Waals surface area contributed by atoms with Crippen LogP contribution in [0.4, 0.5) is 5.69 Å². The summed E-state index contributed by atoms with van der Waals surface area (Å²) in [6.45, 7) is 6.11. The second-order valence-electron chi connectivity index (χ2n) is 5.33. The van der Waals surface area contributed by atoms with E-state index in [9.17, 15) is 4.79 Å². The topological polar surface area (TPSA) is 29.5 Å². The van der Waals surface area contributed by atoms with Crippen LogP contribution >= 0.6 is 0 Å². The highest BCUT2D eigenvalue weighted by Gasteiger charge is 2.05. The third kappa shape index (κ3) is 5.62. The van der Waals surface area contributed by atoms with Crippen LogP contribution < -0.4 is 4.90 Å². The first kappa shape index (κ1) is 16.8. The second-order valence-corrected chi connectivity index (χ2v) is 5.33. The minimum absolute atomic E-state index is 0.311. The maximum atomic E-state index is 11.7. The number of ether oxygens (including phenoxy) is 1. The number of esters is 1. The van der Waals surface area contributed by atoms with Gasteiger partial charge in [-0.15, -0.1) is 0 Å². The first-order chi connectivity index (χ1) is 11.2. The Morgan fingerprint density at radius 2 is 1.91 bits per heavy atom. The molecule has 0 saturated carbocycles. The van der Waals surface area contributed by atoms with Gasteiger partial charge in [0.1, 0.15) is 6.61 Å². The molecule has 0 amide bonds. The summed E-state index contributed by atoms with van der Waals surface area (Å²) in [6, 6.07) is 18.0. The summed E-state index contributed by atoms with van der Waals surface area (Å²) in [4.78, 5) is 13.9. The van der Waals surface area contributed by atoms with Gasteiger partial charge in [-0.1, -0.05) is 42.5 Å². The number of hydrogen-bond acceptors (Lipinski definition) is 3. The van der Waals surface area contributed by atoms with Crippen LogP contribution in [0.5, 0.6) is 0 Å². The molecule has 0 unspecified atom stereocenters. The molecule has 0 radical (unpaired) electrons. The van der Waals surface area contributed by atoms with E-state index in [1.165, 1.54) is 11.6 Å². The van der Waals surface area contributed by atoms with E-state index >= 15 is 0 Å². The van der Waals surface area contributed by atoms with Crippen molar-refractivity contribution in [3.63, 3.8) is 0 Å². The van der Waals surface area contributed by atoms with Gasteiger partial charge < -0.3 is 9.64 Å². The standard InChI is InChI=1S/C20H23NO2/c1-3-21(19-11-7-8-17(2)16-19)14-15-23-20(22)13-12-18-9-5-4-6-10-18/h4-13,16H,3,14-15H2,1-2H3. The highest BCUT2D eigenvalue weighted by molar-refractivity contribution is 5.87. The quantitative estimate of drug-likeness (QED) is 0.570. The Balaban J connectivity index is 1.81. The van der Waals surface area contributed by atoms with Crippen molar-refractivity contribution in [1.29, 1.82) is 0 Å². The van der Waals surface area contributed by atoms with Gasteiger partial charge in [0.15, 0.2) is 0 Å². The molecule has 2 rings (SSSR count). The minimum Gasteiger partial charge on any atom is -0.461 e. The van der Waals surface area contributed by atoms with Crippen molar-refractivity contribution in [2.24, 2.45) is 0 Å². The zero-order chi connectivity index (χ0) is 16.5. The molecule has 0 aliphatic rings. The average molecular weight is 309 g/mol. The van der Waals surface area contributed by atoms with Gasteiger partial charge in [-0.3, -0.25) is 0 Å². The summed E-state index contributed by atoms with van der Waals surface area (Å²) in [5.74, 6) is -0.311. The van der Waals surface area contributed by atoms with E-state index in [0.29, 0.717) is 13.2 Å². The van der Waals surface area contributed by atoms with Crippen molar-refractivity contribution in [2.75, 3.05) is 24.6 Å². The zero-order valence-electron chi connectivity index (χ0n) is 13.7. The van der Waals surface area contributed by atoms with Crippen molar-refractivity contribution in [2.45, 2.75) is 13.8 Å². The molecule has 0 atom stereocenters. The number of aryl methyl sites for hydroxylation is 1. The largest absolute Gasteiger partial charge is 0.461 e. The highest BCUT2D eigenvalue weighted by atomic mass is 16.5. The molecule has 3 nitrogen and oxygen atoms in total. The fourth-order valence-corrected chi connectivity index (χ4v) is 2.33. The Labute approximate surface area is 138 Å². The Morgan fingerprint density at radius 3 is 2.61 bits per heavy atom. The molecule has 0 fully saturated rings. The van der Waals surface area contributed by atoms with Crippen molar-refractivity contribution in [3.8, 4) is 0 Å². The van der Waals surface area contributed by atoms with Crippen LogP contribution in [0.3, 0.4) is 0 Å². The molecule has 0 aliphatic heterocycles. The van der Waals surface area contributed by atoms with Crippen LogP contribution in [-0.2, 0) is 9.53 Å². The van der Waals surface area contributed by atoms with Gasteiger partial charge in [0, 0.05) is 18.3 Å². The minimum atomic E-state index is -0.311. The van der Waals surface area contributed by atoms with Crippen LogP contribution in [0.2, 0.25) is 0 Å². The molecule has 2 aromatic rings. The number of carbonyl (C=O) groups excluding carboxylic acids is 1. The number of hydrogen-bond donors (Lipinski definition) is 0. The lowest BCUT2D eigenvalue weighted by Crippen LogP contribution is -2.27. The zero-order valence-corrected chi connectivity index (χ0v) is 13.7. The van der Waals surface area contributed by atoms with E-state index in [4.69, 9.17) is 4.74 Å². The van der Waals surface area contributed by atoms with E-state index in [0.717, 1.165) is 17.8 Å². The summed E-state index contributed by atoms with van der Waals surface area (Å²) in [7, 11) is 0. The normalized spacial score (nSPS) is 10.7. The Kier molecular flexibility index (Phi) is 6.42. The first-order valence-electron chi connectivity index (χ1n) is 7.90. The van der Waals surface area contributed by atoms with Crippen LogP contribution in [0.15, 0.2) is 60.7 Å². The van der Waals surface area contributed by atoms with Crippen molar-refractivity contribution < 1.29 is 9.53 Å². The third-order valence-electron chi connectivity index (χ3n) is 3.57. The number of likely N-dealkylation sites (N-methyl/N-ethyl adjacent to an activating group) is 1. The Morgan fingerprint density at radius 1 is 1.13 bits per heavy atom. The number of nitrogens with zero attached hydrogens (tertiary/aromatic N) is 1. The molecule has 0 N–H and O–H groups in total. The smallest absolute Gasteiger partial charge is 0.330 e. The molecule has 0 heterocycles. The summed E-state index contributed by atoms with van der Waals surface area (Å²) in [5, 5.41) is 0. The second kappa shape index (κ2) is 8.79. The third-order valence-corrected chi connectivity index (χ3v) is 3.57. The van der Waals surface area contributed by atoms with Crippen LogP contribution in [-0.4, -0.2) is 25.7 Å². The molecular formula is C20H23NO2. The fourth-order valence-electron chi connectivity index (χ4n) is 2.33. The van der Waals surface area contributed by atoms with Crippen LogP contribution in [0.1, 0.15) is 18.1 Å². The SMILES string of the molecule is CCN(CCOC(=O)C=Cc1ccccc1)c1cccc(C)c1. The van der Waals surface area contributed by atoms with Gasteiger partial charge >= 0.3 is 5.97 Å². The molecule has 3 heteroatoms. The summed E-state index contributed by atoms with van der Waals surface area (Å²) < 4.78 is 5.28. The summed E-state index contributed by atoms with van der Waals surface area (Å²) in [5.41, 5.74) is 3.37. The van der Waals surface area contributed by atoms with Gasteiger partial charge in [0.25, 0.3) is 0 Å². The molecule has 0 aliphatic carbocycles.